The highest BCUT2D eigenvalue weighted by molar-refractivity contribution is 6.30. The first kappa shape index (κ1) is 13.8. The maximum absolute atomic E-state index is 6.01. The minimum absolute atomic E-state index is 0.646. The van der Waals surface area contributed by atoms with Crippen LogP contribution in [-0.4, -0.2) is 49.1 Å². The van der Waals surface area contributed by atoms with Gasteiger partial charge in [-0.1, -0.05) is 23.7 Å². The number of nitrogens with two attached hydrogens (primary N) is 1. The Balaban J connectivity index is 1.86. The molecule has 0 spiro atoms. The number of rotatable bonds is 5. The summed E-state index contributed by atoms with van der Waals surface area (Å²) in [5.41, 5.74) is 6.90. The predicted octanol–water partition coefficient (Wildman–Crippen LogP) is 1.80. The lowest BCUT2D eigenvalue weighted by Crippen LogP contribution is -2.37. The molecule has 2 N–H and O–H groups in total. The van der Waals surface area contributed by atoms with E-state index < -0.39 is 0 Å². The van der Waals surface area contributed by atoms with E-state index in [4.69, 9.17) is 17.3 Å². The number of benzene rings is 1. The minimum atomic E-state index is 0.646. The van der Waals surface area contributed by atoms with Gasteiger partial charge >= 0.3 is 0 Å². The van der Waals surface area contributed by atoms with Gasteiger partial charge in [0.25, 0.3) is 0 Å². The van der Waals surface area contributed by atoms with E-state index in [1.807, 2.05) is 12.1 Å². The molecule has 0 bridgehead atoms. The smallest absolute Gasteiger partial charge is 0.0409 e. The zero-order chi connectivity index (χ0) is 13.0. The summed E-state index contributed by atoms with van der Waals surface area (Å²) in [6.07, 6.45) is 1.23. The number of hydrogen-bond donors (Lipinski definition) is 1. The molecule has 0 saturated carbocycles. The van der Waals surface area contributed by atoms with Gasteiger partial charge in [-0.25, -0.2) is 0 Å². The van der Waals surface area contributed by atoms with E-state index >= 15 is 0 Å². The van der Waals surface area contributed by atoms with Gasteiger partial charge in [0.15, 0.2) is 0 Å². The van der Waals surface area contributed by atoms with Crippen molar-refractivity contribution in [2.45, 2.75) is 19.0 Å². The van der Waals surface area contributed by atoms with Crippen molar-refractivity contribution < 1.29 is 0 Å². The number of halogens is 1. The molecule has 1 heterocycles. The summed E-state index contributed by atoms with van der Waals surface area (Å²) in [5.74, 6) is 0. The summed E-state index contributed by atoms with van der Waals surface area (Å²) < 4.78 is 0. The van der Waals surface area contributed by atoms with Crippen molar-refractivity contribution in [3.63, 3.8) is 0 Å². The van der Waals surface area contributed by atoms with Crippen molar-refractivity contribution >= 4 is 11.6 Å². The van der Waals surface area contributed by atoms with Gasteiger partial charge in [0, 0.05) is 43.8 Å². The molecule has 100 valence electrons. The van der Waals surface area contributed by atoms with Crippen LogP contribution in [-0.2, 0) is 6.54 Å². The van der Waals surface area contributed by atoms with Crippen molar-refractivity contribution in [3.8, 4) is 0 Å². The van der Waals surface area contributed by atoms with Crippen LogP contribution in [0.5, 0.6) is 0 Å². The Morgan fingerprint density at radius 1 is 1.50 bits per heavy atom. The summed E-state index contributed by atoms with van der Waals surface area (Å²) in [6, 6.07) is 8.78. The Labute approximate surface area is 115 Å². The van der Waals surface area contributed by atoms with Crippen LogP contribution in [0.4, 0.5) is 0 Å². The average molecular weight is 268 g/mol. The van der Waals surface area contributed by atoms with Crippen molar-refractivity contribution in [3.05, 3.63) is 34.9 Å². The first-order chi connectivity index (χ1) is 8.69. The maximum atomic E-state index is 6.01. The van der Waals surface area contributed by atoms with Gasteiger partial charge in [-0.3, -0.25) is 4.90 Å². The van der Waals surface area contributed by atoms with Crippen LogP contribution in [0, 0.1) is 0 Å². The van der Waals surface area contributed by atoms with Crippen molar-refractivity contribution in [1.29, 1.82) is 0 Å². The first-order valence-electron chi connectivity index (χ1n) is 6.56. The second kappa shape index (κ2) is 6.53. The van der Waals surface area contributed by atoms with Crippen molar-refractivity contribution in [1.82, 2.24) is 9.80 Å². The summed E-state index contributed by atoms with van der Waals surface area (Å²) in [4.78, 5) is 4.86. The lowest BCUT2D eigenvalue weighted by molar-refractivity contribution is 0.234. The lowest BCUT2D eigenvalue weighted by atomic mass is 10.2. The zero-order valence-electron chi connectivity index (χ0n) is 11.0. The van der Waals surface area contributed by atoms with Crippen LogP contribution in [0.15, 0.2) is 24.3 Å². The Kier molecular flexibility index (Phi) is 5.01. The van der Waals surface area contributed by atoms with E-state index in [1.165, 1.54) is 12.0 Å². The van der Waals surface area contributed by atoms with E-state index in [-0.39, 0.29) is 0 Å². The average Bonchev–Trinajstić information content (AvgIpc) is 2.78. The highest BCUT2D eigenvalue weighted by Gasteiger charge is 2.25. The standard InChI is InChI=1S/C14H22ClN3/c1-17(8-6-16)14-5-7-18(11-14)10-12-3-2-4-13(15)9-12/h2-4,9,14H,5-8,10-11,16H2,1H3. The number of likely N-dealkylation sites (tertiary alicyclic amines) is 1. The fourth-order valence-corrected chi connectivity index (χ4v) is 2.81. The number of hydrogen-bond acceptors (Lipinski definition) is 3. The fourth-order valence-electron chi connectivity index (χ4n) is 2.60. The third kappa shape index (κ3) is 3.69. The highest BCUT2D eigenvalue weighted by atomic mass is 35.5. The Morgan fingerprint density at radius 3 is 3.06 bits per heavy atom. The van der Waals surface area contributed by atoms with E-state index in [2.05, 4.69) is 29.0 Å². The minimum Gasteiger partial charge on any atom is -0.329 e. The van der Waals surface area contributed by atoms with Gasteiger partial charge in [0.2, 0.25) is 0 Å². The van der Waals surface area contributed by atoms with Crippen LogP contribution in [0.2, 0.25) is 5.02 Å². The zero-order valence-corrected chi connectivity index (χ0v) is 11.7. The van der Waals surface area contributed by atoms with Crippen molar-refractivity contribution in [2.75, 3.05) is 33.2 Å². The molecule has 0 radical (unpaired) electrons. The predicted molar refractivity (Wildman–Crippen MR) is 76.8 cm³/mol. The van der Waals surface area contributed by atoms with Gasteiger partial charge < -0.3 is 10.6 Å². The molecule has 1 aliphatic heterocycles. The monoisotopic (exact) mass is 267 g/mol. The molecule has 1 aromatic carbocycles. The van der Waals surface area contributed by atoms with Crippen LogP contribution in [0.3, 0.4) is 0 Å². The molecule has 0 aliphatic carbocycles. The molecule has 1 atom stereocenters. The Hall–Kier alpha value is -0.610. The maximum Gasteiger partial charge on any atom is 0.0409 e. The Morgan fingerprint density at radius 2 is 2.33 bits per heavy atom. The molecule has 0 aromatic heterocycles. The van der Waals surface area contributed by atoms with Gasteiger partial charge in [-0.15, -0.1) is 0 Å². The molecular formula is C14H22ClN3. The molecule has 1 aliphatic rings. The van der Waals surface area contributed by atoms with Crippen LogP contribution in [0.25, 0.3) is 0 Å². The summed E-state index contributed by atoms with van der Waals surface area (Å²) in [6.45, 7) is 5.00. The fraction of sp³-hybridized carbons (Fsp3) is 0.571. The summed E-state index contributed by atoms with van der Waals surface area (Å²) >= 11 is 6.01. The third-order valence-electron chi connectivity index (χ3n) is 3.65. The normalized spacial score (nSPS) is 20.8. The largest absolute Gasteiger partial charge is 0.329 e. The number of likely N-dealkylation sites (N-methyl/N-ethyl adjacent to an activating group) is 1. The molecule has 4 heteroatoms. The first-order valence-corrected chi connectivity index (χ1v) is 6.94. The summed E-state index contributed by atoms with van der Waals surface area (Å²) in [7, 11) is 2.17. The quantitative estimate of drug-likeness (QED) is 0.883. The SMILES string of the molecule is CN(CCN)C1CCN(Cc2cccc(Cl)c2)C1. The molecule has 1 aromatic rings. The molecule has 3 nitrogen and oxygen atoms in total. The molecule has 1 saturated heterocycles. The third-order valence-corrected chi connectivity index (χ3v) is 3.88. The van der Waals surface area contributed by atoms with Crippen molar-refractivity contribution in [2.24, 2.45) is 5.73 Å². The lowest BCUT2D eigenvalue weighted by Gasteiger charge is -2.24. The van der Waals surface area contributed by atoms with E-state index in [1.54, 1.807) is 0 Å². The molecular weight excluding hydrogens is 246 g/mol. The van der Waals surface area contributed by atoms with Gasteiger partial charge in [-0.2, -0.15) is 0 Å². The van der Waals surface area contributed by atoms with Gasteiger partial charge in [-0.05, 0) is 31.2 Å². The Bertz CT molecular complexity index is 383. The molecule has 1 fully saturated rings. The second-order valence-corrected chi connectivity index (χ2v) is 5.51. The van der Waals surface area contributed by atoms with E-state index in [9.17, 15) is 0 Å². The van der Waals surface area contributed by atoms with Gasteiger partial charge in [0.05, 0.1) is 0 Å². The second-order valence-electron chi connectivity index (χ2n) is 5.08. The molecule has 2 rings (SSSR count). The van der Waals surface area contributed by atoms with Gasteiger partial charge in [0.1, 0.15) is 0 Å². The van der Waals surface area contributed by atoms with E-state index in [0.717, 1.165) is 37.7 Å². The molecule has 18 heavy (non-hydrogen) atoms. The highest BCUT2D eigenvalue weighted by Crippen LogP contribution is 2.18. The van der Waals surface area contributed by atoms with Crippen LogP contribution in [0.1, 0.15) is 12.0 Å². The topological polar surface area (TPSA) is 32.5 Å². The molecule has 0 amide bonds. The van der Waals surface area contributed by atoms with Crippen LogP contribution >= 0.6 is 11.6 Å². The summed E-state index contributed by atoms with van der Waals surface area (Å²) in [5, 5.41) is 0.823. The molecule has 1 unspecified atom stereocenters. The van der Waals surface area contributed by atoms with Crippen LogP contribution < -0.4 is 5.73 Å². The van der Waals surface area contributed by atoms with E-state index in [0.29, 0.717) is 6.04 Å². The number of nitrogens with zero attached hydrogens (tertiary/aromatic N) is 2.